The van der Waals surface area contributed by atoms with Crippen molar-refractivity contribution >= 4 is 28.6 Å². The zero-order valence-corrected chi connectivity index (χ0v) is 10.4. The van der Waals surface area contributed by atoms with Gasteiger partial charge in [-0.25, -0.2) is 9.82 Å². The third-order valence-electron chi connectivity index (χ3n) is 2.41. The maximum Gasteiger partial charge on any atom is 0.123 e. The van der Waals surface area contributed by atoms with Crippen LogP contribution in [0.5, 0.6) is 0 Å². The number of benzene rings is 1. The molecule has 1 atom stereocenters. The van der Waals surface area contributed by atoms with Gasteiger partial charge in [0.1, 0.15) is 5.82 Å². The molecular weight excluding hydrogens is 261 g/mol. The van der Waals surface area contributed by atoms with E-state index in [0.29, 0.717) is 15.6 Å². The van der Waals surface area contributed by atoms with E-state index in [1.165, 1.54) is 29.5 Å². The average molecular weight is 272 g/mol. The summed E-state index contributed by atoms with van der Waals surface area (Å²) in [5, 5.41) is 0. The molecule has 0 amide bonds. The topological polar surface area (TPSA) is 64.1 Å². The van der Waals surface area contributed by atoms with E-state index in [2.05, 4.69) is 5.43 Å². The quantitative estimate of drug-likeness (QED) is 0.457. The molecule has 0 saturated heterocycles. The van der Waals surface area contributed by atoms with E-state index in [4.69, 9.17) is 23.2 Å². The van der Waals surface area contributed by atoms with Gasteiger partial charge in [-0.3, -0.25) is 5.84 Å². The second-order valence-electron chi connectivity index (χ2n) is 3.51. The van der Waals surface area contributed by atoms with Crippen molar-refractivity contribution in [1.29, 1.82) is 0 Å². The van der Waals surface area contributed by atoms with Crippen molar-refractivity contribution in [2.24, 2.45) is 5.84 Å². The van der Waals surface area contributed by atoms with E-state index >= 15 is 0 Å². The van der Waals surface area contributed by atoms with Gasteiger partial charge < -0.3 is 5.73 Å². The number of nitrogen functional groups attached to an aromatic ring is 1. The lowest BCUT2D eigenvalue weighted by atomic mass is 10.0. The second kappa shape index (κ2) is 5.01. The normalized spacial score (nSPS) is 12.6. The van der Waals surface area contributed by atoms with Gasteiger partial charge in [-0.2, -0.15) is 0 Å². The monoisotopic (exact) mass is 271 g/mol. The van der Waals surface area contributed by atoms with Gasteiger partial charge in [-0.15, -0.1) is 11.3 Å². The van der Waals surface area contributed by atoms with E-state index < -0.39 is 0 Å². The van der Waals surface area contributed by atoms with Crippen LogP contribution in [-0.4, -0.2) is 0 Å². The first-order valence-corrected chi connectivity index (χ1v) is 6.07. The first kappa shape index (κ1) is 12.3. The van der Waals surface area contributed by atoms with Crippen molar-refractivity contribution in [1.82, 2.24) is 5.43 Å². The predicted molar refractivity (Wildman–Crippen MR) is 69.3 cm³/mol. The summed E-state index contributed by atoms with van der Waals surface area (Å²) in [5.74, 6) is 5.15. The van der Waals surface area contributed by atoms with Gasteiger partial charge in [0, 0.05) is 16.1 Å². The molecule has 2 aromatic rings. The highest BCUT2D eigenvalue weighted by atomic mass is 35.5. The van der Waals surface area contributed by atoms with Crippen molar-refractivity contribution in [3.63, 3.8) is 0 Å². The molecule has 1 unspecified atom stereocenters. The molecule has 90 valence electrons. The fourth-order valence-electron chi connectivity index (χ4n) is 1.60. The van der Waals surface area contributed by atoms with E-state index in [9.17, 15) is 4.39 Å². The lowest BCUT2D eigenvalue weighted by molar-refractivity contribution is 0.610. The Kier molecular flexibility index (Phi) is 3.63. The Morgan fingerprint density at radius 1 is 1.29 bits per heavy atom. The van der Waals surface area contributed by atoms with Crippen LogP contribution in [0.4, 0.5) is 10.1 Å². The van der Waals surface area contributed by atoms with Gasteiger partial charge >= 0.3 is 0 Å². The molecule has 17 heavy (non-hydrogen) atoms. The van der Waals surface area contributed by atoms with Crippen molar-refractivity contribution in [3.8, 4) is 0 Å². The van der Waals surface area contributed by atoms with Crippen LogP contribution in [0.15, 0.2) is 30.3 Å². The second-order valence-corrected chi connectivity index (χ2v) is 5.26. The van der Waals surface area contributed by atoms with Gasteiger partial charge in [0.25, 0.3) is 0 Å². The molecule has 0 spiro atoms. The predicted octanol–water partition coefficient (Wildman–Crippen LogP) is 2.68. The number of nitrogens with one attached hydrogen (secondary N) is 1. The third kappa shape index (κ3) is 2.58. The van der Waals surface area contributed by atoms with Crippen LogP contribution in [0.2, 0.25) is 4.34 Å². The summed E-state index contributed by atoms with van der Waals surface area (Å²) >= 11 is 7.24. The van der Waals surface area contributed by atoms with Crippen molar-refractivity contribution in [2.45, 2.75) is 6.04 Å². The number of halogens is 2. The lowest BCUT2D eigenvalue weighted by Crippen LogP contribution is -2.28. The van der Waals surface area contributed by atoms with Crippen LogP contribution in [0.3, 0.4) is 0 Å². The van der Waals surface area contributed by atoms with Crippen LogP contribution >= 0.6 is 22.9 Å². The molecule has 0 fully saturated rings. The summed E-state index contributed by atoms with van der Waals surface area (Å²) in [4.78, 5) is 0.884. The first-order valence-electron chi connectivity index (χ1n) is 4.88. The minimum absolute atomic E-state index is 0.350. The Bertz CT molecular complexity index is 529. The molecule has 0 bridgehead atoms. The molecule has 2 rings (SSSR count). The van der Waals surface area contributed by atoms with Crippen LogP contribution in [-0.2, 0) is 0 Å². The lowest BCUT2D eigenvalue weighted by Gasteiger charge is -2.16. The molecule has 1 aromatic carbocycles. The zero-order valence-electron chi connectivity index (χ0n) is 8.78. The van der Waals surface area contributed by atoms with E-state index in [-0.39, 0.29) is 11.9 Å². The van der Waals surface area contributed by atoms with E-state index in [1.807, 2.05) is 6.07 Å². The molecule has 0 aliphatic carbocycles. The zero-order chi connectivity index (χ0) is 12.4. The number of rotatable bonds is 3. The molecule has 3 nitrogen and oxygen atoms in total. The fraction of sp³-hybridized carbons (Fsp3) is 0.0909. The fourth-order valence-corrected chi connectivity index (χ4v) is 2.74. The van der Waals surface area contributed by atoms with Crippen molar-refractivity contribution in [2.75, 3.05) is 5.73 Å². The van der Waals surface area contributed by atoms with Gasteiger partial charge in [0.15, 0.2) is 0 Å². The largest absolute Gasteiger partial charge is 0.398 e. The molecule has 5 N–H and O–H groups in total. The number of hydrogen-bond acceptors (Lipinski definition) is 4. The van der Waals surface area contributed by atoms with E-state index in [1.54, 1.807) is 6.07 Å². The highest BCUT2D eigenvalue weighted by Gasteiger charge is 2.17. The summed E-state index contributed by atoms with van der Waals surface area (Å²) in [5.41, 5.74) is 9.53. The van der Waals surface area contributed by atoms with Crippen LogP contribution < -0.4 is 17.0 Å². The van der Waals surface area contributed by atoms with Crippen molar-refractivity contribution < 1.29 is 4.39 Å². The first-order chi connectivity index (χ1) is 8.11. The number of hydrogen-bond donors (Lipinski definition) is 3. The van der Waals surface area contributed by atoms with E-state index in [0.717, 1.165) is 4.88 Å². The number of hydrazine groups is 1. The van der Waals surface area contributed by atoms with Crippen LogP contribution in [0.1, 0.15) is 16.5 Å². The Labute approximate surface area is 107 Å². The summed E-state index contributed by atoms with van der Waals surface area (Å²) in [6.45, 7) is 0. The molecule has 6 heteroatoms. The number of nitrogens with two attached hydrogens (primary N) is 2. The maximum absolute atomic E-state index is 13.2. The Morgan fingerprint density at radius 3 is 2.65 bits per heavy atom. The highest BCUT2D eigenvalue weighted by Crippen LogP contribution is 2.33. The maximum atomic E-state index is 13.2. The molecule has 0 aliphatic rings. The summed E-state index contributed by atoms with van der Waals surface area (Å²) in [6, 6.07) is 7.44. The molecule has 1 aromatic heterocycles. The molecule has 1 heterocycles. The van der Waals surface area contributed by atoms with Crippen LogP contribution in [0, 0.1) is 5.82 Å². The summed E-state index contributed by atoms with van der Waals surface area (Å²) in [6.07, 6.45) is 0. The molecule has 0 aliphatic heterocycles. The SMILES string of the molecule is NNC(c1ccc(Cl)s1)c1cc(F)ccc1N. The highest BCUT2D eigenvalue weighted by molar-refractivity contribution is 7.16. The molecular formula is C11H11ClFN3S. The number of thiophene rings is 1. The van der Waals surface area contributed by atoms with Gasteiger partial charge in [-0.05, 0) is 30.3 Å². The van der Waals surface area contributed by atoms with Gasteiger partial charge in [-0.1, -0.05) is 11.6 Å². The standard InChI is InChI=1S/C11H11ClFN3S/c12-10-4-3-9(17-10)11(16-15)7-5-6(13)1-2-8(7)14/h1-5,11,16H,14-15H2. The molecule has 0 radical (unpaired) electrons. The van der Waals surface area contributed by atoms with Crippen molar-refractivity contribution in [3.05, 3.63) is 50.9 Å². The Morgan fingerprint density at radius 2 is 2.06 bits per heavy atom. The van der Waals surface area contributed by atoms with Crippen LogP contribution in [0.25, 0.3) is 0 Å². The number of anilines is 1. The third-order valence-corrected chi connectivity index (χ3v) is 3.70. The summed E-state index contributed by atoms with van der Waals surface area (Å²) in [7, 11) is 0. The minimum Gasteiger partial charge on any atom is -0.398 e. The van der Waals surface area contributed by atoms with Gasteiger partial charge in [0.05, 0.1) is 10.4 Å². The summed E-state index contributed by atoms with van der Waals surface area (Å²) < 4.78 is 13.9. The minimum atomic E-state index is -0.358. The Hall–Kier alpha value is -1.14. The smallest absolute Gasteiger partial charge is 0.123 e. The Balaban J connectivity index is 2.45. The average Bonchev–Trinajstić information content (AvgIpc) is 2.71. The van der Waals surface area contributed by atoms with Gasteiger partial charge in [0.2, 0.25) is 0 Å². The molecule has 0 saturated carbocycles.